The van der Waals surface area contributed by atoms with Gasteiger partial charge in [0.15, 0.2) is 0 Å². The van der Waals surface area contributed by atoms with E-state index in [1.54, 1.807) is 42.7 Å². The van der Waals surface area contributed by atoms with E-state index in [9.17, 15) is 9.18 Å². The molecular weight excluding hydrogens is 359 g/mol. The molecule has 0 fully saturated rings. The van der Waals surface area contributed by atoms with Crippen molar-refractivity contribution in [1.29, 1.82) is 0 Å². The molecule has 4 rings (SSSR count). The van der Waals surface area contributed by atoms with Crippen molar-refractivity contribution >= 4 is 22.5 Å². The summed E-state index contributed by atoms with van der Waals surface area (Å²) in [5.41, 5.74) is 3.29. The number of nitrogens with one attached hydrogen (secondary N) is 2. The van der Waals surface area contributed by atoms with Gasteiger partial charge in [0, 0.05) is 29.4 Å². The average Bonchev–Trinajstić information content (AvgIpc) is 3.11. The highest BCUT2D eigenvalue weighted by atomic mass is 19.1. The minimum atomic E-state index is -0.341. The van der Waals surface area contributed by atoms with Crippen LogP contribution in [0.1, 0.15) is 5.56 Å². The maximum atomic E-state index is 13.6. The summed E-state index contributed by atoms with van der Waals surface area (Å²) in [5.74, 6) is -0.0323. The van der Waals surface area contributed by atoms with E-state index in [0.717, 1.165) is 16.5 Å². The molecule has 0 saturated carbocycles. The summed E-state index contributed by atoms with van der Waals surface area (Å²) in [7, 11) is 1.53. The molecule has 1 amide bonds. The zero-order valence-corrected chi connectivity index (χ0v) is 15.1. The van der Waals surface area contributed by atoms with Gasteiger partial charge in [0.2, 0.25) is 5.91 Å². The number of aromatic amines is 1. The summed E-state index contributed by atoms with van der Waals surface area (Å²) < 4.78 is 19.0. The van der Waals surface area contributed by atoms with E-state index in [1.165, 1.54) is 19.2 Å². The molecular formula is C21H17FN4O2. The summed E-state index contributed by atoms with van der Waals surface area (Å²) in [4.78, 5) is 16.5. The van der Waals surface area contributed by atoms with Crippen LogP contribution in [0.2, 0.25) is 0 Å². The highest BCUT2D eigenvalue weighted by Gasteiger charge is 2.15. The van der Waals surface area contributed by atoms with Gasteiger partial charge in [-0.25, -0.2) is 4.39 Å². The van der Waals surface area contributed by atoms with Crippen molar-refractivity contribution in [3.8, 4) is 17.0 Å². The fourth-order valence-corrected chi connectivity index (χ4v) is 3.05. The second-order valence-corrected chi connectivity index (χ2v) is 6.27. The second-order valence-electron chi connectivity index (χ2n) is 6.27. The topological polar surface area (TPSA) is 79.9 Å². The Morgan fingerprint density at radius 1 is 1.21 bits per heavy atom. The van der Waals surface area contributed by atoms with Gasteiger partial charge in [-0.3, -0.25) is 14.9 Å². The van der Waals surface area contributed by atoms with E-state index in [0.29, 0.717) is 22.7 Å². The predicted molar refractivity (Wildman–Crippen MR) is 105 cm³/mol. The molecule has 28 heavy (non-hydrogen) atoms. The number of pyridine rings is 1. The minimum absolute atomic E-state index is 0.192. The summed E-state index contributed by atoms with van der Waals surface area (Å²) in [6, 6.07) is 13.4. The first kappa shape index (κ1) is 17.7. The number of methoxy groups -OCH3 is 1. The Labute approximate surface area is 160 Å². The molecule has 0 bridgehead atoms. The summed E-state index contributed by atoms with van der Waals surface area (Å²) in [6.45, 7) is 0. The Balaban J connectivity index is 1.69. The van der Waals surface area contributed by atoms with Crippen molar-refractivity contribution in [2.45, 2.75) is 6.42 Å². The SMILES string of the molecule is COc1cc2[nH]nc(-c3cccc(F)c3)c2cc1NC(=O)Cc1cccnc1. The maximum absolute atomic E-state index is 13.6. The molecule has 0 saturated heterocycles. The first-order valence-electron chi connectivity index (χ1n) is 8.65. The molecule has 0 atom stereocenters. The van der Waals surface area contributed by atoms with Crippen LogP contribution in [0.4, 0.5) is 10.1 Å². The van der Waals surface area contributed by atoms with Crippen LogP contribution < -0.4 is 10.1 Å². The Morgan fingerprint density at radius 3 is 2.86 bits per heavy atom. The van der Waals surface area contributed by atoms with Crippen LogP contribution in [0.25, 0.3) is 22.2 Å². The van der Waals surface area contributed by atoms with Crippen LogP contribution in [-0.2, 0) is 11.2 Å². The molecule has 140 valence electrons. The maximum Gasteiger partial charge on any atom is 0.228 e. The van der Waals surface area contributed by atoms with Crippen LogP contribution in [0, 0.1) is 5.82 Å². The predicted octanol–water partition coefficient (Wildman–Crippen LogP) is 3.95. The van der Waals surface area contributed by atoms with Gasteiger partial charge in [-0.15, -0.1) is 0 Å². The van der Waals surface area contributed by atoms with Crippen molar-refractivity contribution in [3.05, 3.63) is 72.3 Å². The molecule has 0 aliphatic rings. The van der Waals surface area contributed by atoms with Gasteiger partial charge in [0.1, 0.15) is 17.3 Å². The highest BCUT2D eigenvalue weighted by Crippen LogP contribution is 2.34. The van der Waals surface area contributed by atoms with Crippen molar-refractivity contribution in [2.24, 2.45) is 0 Å². The Morgan fingerprint density at radius 2 is 2.11 bits per heavy atom. The molecule has 2 aromatic carbocycles. The zero-order chi connectivity index (χ0) is 19.5. The lowest BCUT2D eigenvalue weighted by molar-refractivity contribution is -0.115. The van der Waals surface area contributed by atoms with Crippen LogP contribution in [0.3, 0.4) is 0 Å². The first-order chi connectivity index (χ1) is 13.6. The van der Waals surface area contributed by atoms with Gasteiger partial charge < -0.3 is 10.1 Å². The summed E-state index contributed by atoms with van der Waals surface area (Å²) in [6.07, 6.45) is 3.50. The lowest BCUT2D eigenvalue weighted by atomic mass is 10.1. The zero-order valence-electron chi connectivity index (χ0n) is 15.1. The van der Waals surface area contributed by atoms with Crippen molar-refractivity contribution in [1.82, 2.24) is 15.2 Å². The Bertz CT molecular complexity index is 1140. The Kier molecular flexibility index (Phi) is 4.72. The number of carbonyl (C=O) groups is 1. The van der Waals surface area contributed by atoms with Crippen LogP contribution in [0.15, 0.2) is 60.9 Å². The second kappa shape index (κ2) is 7.48. The van der Waals surface area contributed by atoms with Gasteiger partial charge in [0.25, 0.3) is 0 Å². The molecule has 4 aromatic rings. The number of nitrogens with zero attached hydrogens (tertiary/aromatic N) is 2. The number of anilines is 1. The van der Waals surface area contributed by atoms with Crippen molar-refractivity contribution in [2.75, 3.05) is 12.4 Å². The van der Waals surface area contributed by atoms with Crippen LogP contribution in [0.5, 0.6) is 5.75 Å². The number of H-pyrrole nitrogens is 1. The molecule has 0 radical (unpaired) electrons. The summed E-state index contributed by atoms with van der Waals surface area (Å²) in [5, 5.41) is 10.9. The van der Waals surface area contributed by atoms with Gasteiger partial charge >= 0.3 is 0 Å². The molecule has 7 heteroatoms. The molecule has 0 spiro atoms. The van der Waals surface area contributed by atoms with E-state index < -0.39 is 0 Å². The number of rotatable bonds is 5. The largest absolute Gasteiger partial charge is 0.494 e. The van der Waals surface area contributed by atoms with E-state index in [1.807, 2.05) is 6.07 Å². The summed E-state index contributed by atoms with van der Waals surface area (Å²) >= 11 is 0. The minimum Gasteiger partial charge on any atom is -0.494 e. The number of halogens is 1. The highest BCUT2D eigenvalue weighted by molar-refractivity contribution is 6.01. The fourth-order valence-electron chi connectivity index (χ4n) is 3.05. The number of amides is 1. The van der Waals surface area contributed by atoms with E-state index >= 15 is 0 Å². The van der Waals surface area contributed by atoms with Crippen molar-refractivity contribution < 1.29 is 13.9 Å². The van der Waals surface area contributed by atoms with Gasteiger partial charge in [-0.1, -0.05) is 18.2 Å². The molecule has 0 aliphatic carbocycles. The quantitative estimate of drug-likeness (QED) is 0.553. The number of fused-ring (bicyclic) bond motifs is 1. The van der Waals surface area contributed by atoms with E-state index in [-0.39, 0.29) is 18.1 Å². The van der Waals surface area contributed by atoms with Gasteiger partial charge in [-0.05, 0) is 29.8 Å². The van der Waals surface area contributed by atoms with Crippen LogP contribution in [-0.4, -0.2) is 28.2 Å². The Hall–Kier alpha value is -3.74. The van der Waals surface area contributed by atoms with Crippen LogP contribution >= 0.6 is 0 Å². The number of carbonyl (C=O) groups excluding carboxylic acids is 1. The van der Waals surface area contributed by atoms with Gasteiger partial charge in [-0.2, -0.15) is 5.10 Å². The van der Waals surface area contributed by atoms with Crippen molar-refractivity contribution in [3.63, 3.8) is 0 Å². The average molecular weight is 376 g/mol. The number of hydrogen-bond donors (Lipinski definition) is 2. The standard InChI is InChI=1S/C21H17FN4O2/c1-28-19-11-17-16(21(26-25-17)14-5-2-6-15(22)9-14)10-18(19)24-20(27)8-13-4-3-7-23-12-13/h2-7,9-12H,8H2,1H3,(H,24,27)(H,25,26). The molecule has 0 unspecified atom stereocenters. The number of hydrogen-bond acceptors (Lipinski definition) is 4. The smallest absolute Gasteiger partial charge is 0.228 e. The lowest BCUT2D eigenvalue weighted by Gasteiger charge is -2.11. The normalized spacial score (nSPS) is 10.8. The fraction of sp³-hybridized carbons (Fsp3) is 0.0952. The third kappa shape index (κ3) is 3.55. The number of ether oxygens (including phenoxy) is 1. The first-order valence-corrected chi connectivity index (χ1v) is 8.65. The molecule has 0 aliphatic heterocycles. The lowest BCUT2D eigenvalue weighted by Crippen LogP contribution is -2.15. The molecule has 6 nitrogen and oxygen atoms in total. The monoisotopic (exact) mass is 376 g/mol. The van der Waals surface area contributed by atoms with E-state index in [4.69, 9.17) is 4.74 Å². The molecule has 2 aromatic heterocycles. The molecule has 2 N–H and O–H groups in total. The number of benzene rings is 2. The third-order valence-corrected chi connectivity index (χ3v) is 4.34. The number of aromatic nitrogens is 3. The van der Waals surface area contributed by atoms with E-state index in [2.05, 4.69) is 20.5 Å². The van der Waals surface area contributed by atoms with Gasteiger partial charge in [0.05, 0.1) is 24.7 Å². The third-order valence-electron chi connectivity index (χ3n) is 4.34. The molecule has 2 heterocycles.